The van der Waals surface area contributed by atoms with Gasteiger partial charge < -0.3 is 13.5 Å². The summed E-state index contributed by atoms with van der Waals surface area (Å²) >= 11 is 0. The van der Waals surface area contributed by atoms with Crippen LogP contribution in [0, 0.1) is 31.6 Å². The molecule has 4 unspecified atom stereocenters. The maximum Gasteiger partial charge on any atom is 0.387 e. The molecule has 4 nitrogen and oxygen atoms in total. The summed E-state index contributed by atoms with van der Waals surface area (Å²) in [7, 11) is -1.64. The highest BCUT2D eigenvalue weighted by molar-refractivity contribution is 7.31. The van der Waals surface area contributed by atoms with Crippen molar-refractivity contribution in [3.63, 3.8) is 0 Å². The maximum absolute atomic E-state index is 10.1. The molecule has 33 heavy (non-hydrogen) atoms. The standard InChI is InChI=1S/C28H39O4P/c1-16(2)22-9-8-18(5)12-26(22)30-33-31-27-13-20(7)23(17(3)4)14-24(27)25-11-19(6)10-21(15-29)28(25)32-33/h10-11,13-14,16-18,22,26,29H,8-9,12,15H2,1-7H3. The van der Waals surface area contributed by atoms with E-state index < -0.39 is 8.24 Å². The van der Waals surface area contributed by atoms with Crippen molar-refractivity contribution in [1.82, 2.24) is 0 Å². The van der Waals surface area contributed by atoms with Crippen molar-refractivity contribution in [2.24, 2.45) is 17.8 Å². The molecule has 1 N–H and O–H groups in total. The van der Waals surface area contributed by atoms with Crippen LogP contribution in [0.1, 0.15) is 82.1 Å². The molecule has 1 aliphatic rings. The molecule has 1 fully saturated rings. The molecule has 4 atom stereocenters. The molecule has 1 aliphatic carbocycles. The molecule has 1 aromatic heterocycles. The molecule has 5 heteroatoms. The molecule has 0 bridgehead atoms. The van der Waals surface area contributed by atoms with E-state index in [-0.39, 0.29) is 12.7 Å². The SMILES string of the molecule is Cc1cc(CO)c2op(OC3CC(C)CCC3C(C)C)oc3cc(C)c(C(C)C)cc3c2c1. The van der Waals surface area contributed by atoms with Gasteiger partial charge in [-0.3, -0.25) is 4.52 Å². The third-order valence-electron chi connectivity index (χ3n) is 7.28. The Morgan fingerprint density at radius 3 is 2.45 bits per heavy atom. The van der Waals surface area contributed by atoms with Gasteiger partial charge in [-0.1, -0.05) is 41.0 Å². The van der Waals surface area contributed by atoms with Gasteiger partial charge in [0.2, 0.25) is 0 Å². The Hall–Kier alpha value is -1.74. The normalized spacial score (nSPS) is 22.0. The maximum atomic E-state index is 10.1. The van der Waals surface area contributed by atoms with Crippen LogP contribution in [-0.2, 0) is 6.61 Å². The molecular weight excluding hydrogens is 431 g/mol. The molecular formula is C28H39O4P. The molecule has 2 aromatic carbocycles. The first kappa shape index (κ1) is 24.4. The van der Waals surface area contributed by atoms with E-state index in [9.17, 15) is 5.11 Å². The second kappa shape index (κ2) is 9.86. The van der Waals surface area contributed by atoms with Crippen LogP contribution in [0.4, 0.5) is 0 Å². The van der Waals surface area contributed by atoms with Crippen LogP contribution in [0.15, 0.2) is 32.7 Å². The third-order valence-corrected chi connectivity index (χ3v) is 8.40. The van der Waals surface area contributed by atoms with Gasteiger partial charge in [0.05, 0.1) is 12.7 Å². The fourth-order valence-electron chi connectivity index (χ4n) is 5.44. The van der Waals surface area contributed by atoms with E-state index in [4.69, 9.17) is 12.9 Å². The molecule has 1 saturated carbocycles. The molecule has 4 rings (SSSR count). The molecule has 0 radical (unpaired) electrons. The Kier molecular flexibility index (Phi) is 7.29. The Morgan fingerprint density at radius 1 is 1.03 bits per heavy atom. The Labute approximate surface area is 199 Å². The fourth-order valence-corrected chi connectivity index (χ4v) is 6.71. The van der Waals surface area contributed by atoms with Gasteiger partial charge in [-0.05, 0) is 91.3 Å². The van der Waals surface area contributed by atoms with Crippen molar-refractivity contribution in [2.45, 2.75) is 86.4 Å². The van der Waals surface area contributed by atoms with Crippen LogP contribution in [-0.4, -0.2) is 11.2 Å². The van der Waals surface area contributed by atoms with Gasteiger partial charge in [-0.15, -0.1) is 0 Å². The van der Waals surface area contributed by atoms with E-state index in [0.717, 1.165) is 33.9 Å². The van der Waals surface area contributed by atoms with Gasteiger partial charge in [-0.2, -0.15) is 0 Å². The second-order valence-corrected chi connectivity index (χ2v) is 11.7. The number of hydrogen-bond donors (Lipinski definition) is 1. The largest absolute Gasteiger partial charge is 0.399 e. The lowest BCUT2D eigenvalue weighted by molar-refractivity contribution is 0.0746. The summed E-state index contributed by atoms with van der Waals surface area (Å²) in [6, 6.07) is 8.49. The summed E-state index contributed by atoms with van der Waals surface area (Å²) < 4.78 is 19.6. The molecule has 0 aliphatic heterocycles. The monoisotopic (exact) mass is 470 g/mol. The van der Waals surface area contributed by atoms with Gasteiger partial charge in [0.1, 0.15) is 11.2 Å². The van der Waals surface area contributed by atoms with Crippen molar-refractivity contribution < 1.29 is 18.0 Å². The summed E-state index contributed by atoms with van der Waals surface area (Å²) in [6.07, 6.45) is 3.57. The van der Waals surface area contributed by atoms with Crippen molar-refractivity contribution in [3.8, 4) is 0 Å². The lowest BCUT2D eigenvalue weighted by Crippen LogP contribution is -2.35. The van der Waals surface area contributed by atoms with Crippen molar-refractivity contribution >= 4 is 30.2 Å². The van der Waals surface area contributed by atoms with E-state index in [2.05, 4.69) is 66.7 Å². The smallest absolute Gasteiger partial charge is 0.387 e. The van der Waals surface area contributed by atoms with Crippen LogP contribution in [0.5, 0.6) is 0 Å². The quantitative estimate of drug-likeness (QED) is 0.407. The van der Waals surface area contributed by atoms with Gasteiger partial charge in [-0.25, -0.2) is 0 Å². The molecule has 180 valence electrons. The third kappa shape index (κ3) is 5.04. The number of benzene rings is 2. The van der Waals surface area contributed by atoms with Crippen LogP contribution in [0.2, 0.25) is 0 Å². The first-order valence-corrected chi connectivity index (χ1v) is 13.5. The van der Waals surface area contributed by atoms with E-state index in [0.29, 0.717) is 29.3 Å². The zero-order chi connectivity index (χ0) is 23.9. The first-order chi connectivity index (χ1) is 15.7. The topological polar surface area (TPSA) is 55.7 Å². The molecule has 0 saturated heterocycles. The van der Waals surface area contributed by atoms with E-state index in [1.54, 1.807) is 0 Å². The van der Waals surface area contributed by atoms with Crippen LogP contribution in [0.3, 0.4) is 0 Å². The Bertz CT molecular complexity index is 1180. The number of aryl methyl sites for hydroxylation is 2. The van der Waals surface area contributed by atoms with Gasteiger partial charge in [0.25, 0.3) is 0 Å². The van der Waals surface area contributed by atoms with Crippen LogP contribution in [0.25, 0.3) is 21.9 Å². The van der Waals surface area contributed by atoms with E-state index in [1.165, 1.54) is 24.0 Å². The average Bonchev–Trinajstić information content (AvgIpc) is 2.88. The second-order valence-electron chi connectivity index (χ2n) is 10.7. The Balaban J connectivity index is 1.97. The average molecular weight is 471 g/mol. The minimum atomic E-state index is -1.64. The van der Waals surface area contributed by atoms with E-state index >= 15 is 0 Å². The van der Waals surface area contributed by atoms with E-state index in [1.807, 2.05) is 6.07 Å². The summed E-state index contributed by atoms with van der Waals surface area (Å²) in [4.78, 5) is 0. The minimum absolute atomic E-state index is 0.0828. The number of fused-ring (bicyclic) bond motifs is 3. The molecule has 0 amide bonds. The zero-order valence-electron chi connectivity index (χ0n) is 21.1. The predicted octanol–water partition coefficient (Wildman–Crippen LogP) is 8.41. The zero-order valence-corrected chi connectivity index (χ0v) is 22.0. The number of hydrogen-bond acceptors (Lipinski definition) is 4. The Morgan fingerprint density at radius 2 is 1.79 bits per heavy atom. The number of aliphatic hydroxyl groups is 1. The summed E-state index contributed by atoms with van der Waals surface area (Å²) in [6.45, 7) is 15.4. The molecule has 1 heterocycles. The fraction of sp³-hybridized carbons (Fsp3) is 0.571. The number of aliphatic hydroxyl groups excluding tert-OH is 1. The molecule has 3 aromatic rings. The summed E-state index contributed by atoms with van der Waals surface area (Å²) in [5, 5.41) is 12.1. The first-order valence-electron chi connectivity index (χ1n) is 12.4. The van der Waals surface area contributed by atoms with Crippen molar-refractivity contribution in [1.29, 1.82) is 0 Å². The summed E-state index contributed by atoms with van der Waals surface area (Å²) in [5.41, 5.74) is 5.87. The van der Waals surface area contributed by atoms with Crippen molar-refractivity contribution in [2.75, 3.05) is 0 Å². The minimum Gasteiger partial charge on any atom is -0.399 e. The molecule has 0 spiro atoms. The lowest BCUT2D eigenvalue weighted by Gasteiger charge is -2.35. The van der Waals surface area contributed by atoms with Crippen LogP contribution >= 0.6 is 8.24 Å². The summed E-state index contributed by atoms with van der Waals surface area (Å²) in [5.74, 6) is 2.09. The van der Waals surface area contributed by atoms with Gasteiger partial charge in [0, 0.05) is 16.3 Å². The highest BCUT2D eigenvalue weighted by Gasteiger charge is 2.33. The van der Waals surface area contributed by atoms with Crippen LogP contribution < -0.4 is 4.52 Å². The van der Waals surface area contributed by atoms with Gasteiger partial charge >= 0.3 is 8.24 Å². The predicted molar refractivity (Wildman–Crippen MR) is 138 cm³/mol. The highest BCUT2D eigenvalue weighted by Crippen LogP contribution is 2.42. The number of rotatable bonds is 5. The van der Waals surface area contributed by atoms with Crippen molar-refractivity contribution in [3.05, 3.63) is 46.5 Å². The highest BCUT2D eigenvalue weighted by atomic mass is 31.1. The lowest BCUT2D eigenvalue weighted by atomic mass is 9.75. The van der Waals surface area contributed by atoms with Gasteiger partial charge in [0.15, 0.2) is 0 Å².